The summed E-state index contributed by atoms with van der Waals surface area (Å²) in [6.45, 7) is 1.86. The Morgan fingerprint density at radius 3 is 2.30 bits per heavy atom. The highest BCUT2D eigenvalue weighted by Crippen LogP contribution is 2.24. The summed E-state index contributed by atoms with van der Waals surface area (Å²) < 4.78 is 32.8. The number of ether oxygens (including phenoxy) is 1. The van der Waals surface area contributed by atoms with Gasteiger partial charge in [-0.2, -0.15) is 0 Å². The van der Waals surface area contributed by atoms with Crippen molar-refractivity contribution in [2.45, 2.75) is 17.9 Å². The van der Waals surface area contributed by atoms with Gasteiger partial charge in [-0.05, 0) is 55.0 Å². The number of carbonyl (C=O) groups is 1. The van der Waals surface area contributed by atoms with Crippen LogP contribution in [-0.2, 0) is 10.0 Å². The van der Waals surface area contributed by atoms with Gasteiger partial charge in [0.05, 0.1) is 28.6 Å². The largest absolute Gasteiger partial charge is 0.497 e. The third-order valence-electron chi connectivity index (χ3n) is 4.48. The Balaban J connectivity index is 1.79. The van der Waals surface area contributed by atoms with Crippen LogP contribution in [0.25, 0.3) is 0 Å². The Hall–Kier alpha value is -3.03. The number of hydrogen-bond acceptors (Lipinski definition) is 4. The number of benzene rings is 3. The van der Waals surface area contributed by atoms with Crippen molar-refractivity contribution in [2.75, 3.05) is 11.8 Å². The minimum absolute atomic E-state index is 0.0713. The van der Waals surface area contributed by atoms with E-state index in [0.717, 1.165) is 5.56 Å². The Labute approximate surface area is 180 Å². The summed E-state index contributed by atoms with van der Waals surface area (Å²) >= 11 is 6.19. The molecule has 0 spiro atoms. The third-order valence-corrected chi connectivity index (χ3v) is 6.21. The predicted octanol–water partition coefficient (Wildman–Crippen LogP) is 4.64. The van der Waals surface area contributed by atoms with E-state index in [1.54, 1.807) is 12.1 Å². The zero-order valence-corrected chi connectivity index (χ0v) is 18.0. The molecule has 0 saturated heterocycles. The molecule has 0 bridgehead atoms. The van der Waals surface area contributed by atoms with Gasteiger partial charge in [-0.1, -0.05) is 41.9 Å². The second-order valence-electron chi connectivity index (χ2n) is 6.58. The molecule has 3 aromatic rings. The van der Waals surface area contributed by atoms with Crippen LogP contribution in [0.4, 0.5) is 5.69 Å². The summed E-state index contributed by atoms with van der Waals surface area (Å²) in [6.07, 6.45) is 0. The van der Waals surface area contributed by atoms with E-state index in [1.165, 1.54) is 37.4 Å². The fraction of sp³-hybridized carbons (Fsp3) is 0.136. The third kappa shape index (κ3) is 5.11. The van der Waals surface area contributed by atoms with Crippen LogP contribution in [0.15, 0.2) is 77.7 Å². The number of rotatable bonds is 7. The summed E-state index contributed by atoms with van der Waals surface area (Å²) in [5, 5.41) is 3.10. The Morgan fingerprint density at radius 1 is 1.00 bits per heavy atom. The number of anilines is 1. The second-order valence-corrected chi connectivity index (χ2v) is 8.67. The van der Waals surface area contributed by atoms with E-state index >= 15 is 0 Å². The predicted molar refractivity (Wildman–Crippen MR) is 118 cm³/mol. The van der Waals surface area contributed by atoms with Crippen LogP contribution in [0.2, 0.25) is 5.02 Å². The van der Waals surface area contributed by atoms with Crippen LogP contribution in [0.1, 0.15) is 28.9 Å². The van der Waals surface area contributed by atoms with Gasteiger partial charge in [-0.15, -0.1) is 0 Å². The monoisotopic (exact) mass is 444 g/mol. The minimum Gasteiger partial charge on any atom is -0.497 e. The maximum absolute atomic E-state index is 12.7. The van der Waals surface area contributed by atoms with Crippen LogP contribution in [0, 0.1) is 0 Å². The molecule has 3 rings (SSSR count). The fourth-order valence-corrected chi connectivity index (χ4v) is 4.08. The molecule has 0 aromatic heterocycles. The van der Waals surface area contributed by atoms with Crippen LogP contribution in [-0.4, -0.2) is 21.4 Å². The topological polar surface area (TPSA) is 84.5 Å². The molecule has 0 radical (unpaired) electrons. The van der Waals surface area contributed by atoms with Crippen molar-refractivity contribution in [3.8, 4) is 5.75 Å². The molecule has 0 aliphatic heterocycles. The molecule has 1 amide bonds. The number of nitrogens with one attached hydrogen (secondary N) is 2. The molecule has 8 heteroatoms. The highest BCUT2D eigenvalue weighted by atomic mass is 35.5. The van der Waals surface area contributed by atoms with Crippen LogP contribution in [0.3, 0.4) is 0 Å². The molecule has 2 N–H and O–H groups in total. The van der Waals surface area contributed by atoms with Gasteiger partial charge in [0.1, 0.15) is 5.75 Å². The first-order chi connectivity index (χ1) is 14.3. The van der Waals surface area contributed by atoms with Crippen molar-refractivity contribution in [3.63, 3.8) is 0 Å². The van der Waals surface area contributed by atoms with Gasteiger partial charge in [-0.25, -0.2) is 8.42 Å². The van der Waals surface area contributed by atoms with Gasteiger partial charge in [0.2, 0.25) is 0 Å². The molecule has 0 saturated carbocycles. The van der Waals surface area contributed by atoms with Crippen molar-refractivity contribution in [2.24, 2.45) is 0 Å². The molecule has 0 fully saturated rings. The minimum atomic E-state index is -3.84. The van der Waals surface area contributed by atoms with Crippen molar-refractivity contribution in [1.29, 1.82) is 0 Å². The SMILES string of the molecule is COc1ccc(S(=O)(=O)Nc2ccc(Cl)c(C(=O)N[C@@H](C)c3ccccc3)c2)cc1. The van der Waals surface area contributed by atoms with E-state index in [2.05, 4.69) is 10.0 Å². The number of amides is 1. The maximum atomic E-state index is 12.7. The first-order valence-corrected chi connectivity index (χ1v) is 11.0. The van der Waals surface area contributed by atoms with Gasteiger partial charge in [0, 0.05) is 5.69 Å². The van der Waals surface area contributed by atoms with Crippen molar-refractivity contribution in [3.05, 3.63) is 88.9 Å². The average molecular weight is 445 g/mol. The van der Waals surface area contributed by atoms with Crippen molar-refractivity contribution in [1.82, 2.24) is 5.32 Å². The maximum Gasteiger partial charge on any atom is 0.261 e. The highest BCUT2D eigenvalue weighted by Gasteiger charge is 2.18. The smallest absolute Gasteiger partial charge is 0.261 e. The molecule has 30 heavy (non-hydrogen) atoms. The lowest BCUT2D eigenvalue weighted by Crippen LogP contribution is -2.27. The Bertz CT molecular complexity index is 1130. The van der Waals surface area contributed by atoms with E-state index in [4.69, 9.17) is 16.3 Å². The summed E-state index contributed by atoms with van der Waals surface area (Å²) in [5.41, 5.74) is 1.35. The summed E-state index contributed by atoms with van der Waals surface area (Å²) in [5.74, 6) is 0.147. The lowest BCUT2D eigenvalue weighted by atomic mass is 10.1. The Morgan fingerprint density at radius 2 is 1.67 bits per heavy atom. The standard InChI is InChI=1S/C22H21ClN2O4S/c1-15(16-6-4-3-5-7-16)24-22(26)20-14-17(8-13-21(20)23)25-30(27,28)19-11-9-18(29-2)10-12-19/h3-15,25H,1-2H3,(H,24,26)/t15-/m0/s1. The van der Waals surface area contributed by atoms with Gasteiger partial charge in [0.15, 0.2) is 0 Å². The van der Waals surface area contributed by atoms with Gasteiger partial charge in [0.25, 0.3) is 15.9 Å². The summed E-state index contributed by atoms with van der Waals surface area (Å²) in [7, 11) is -2.34. The van der Waals surface area contributed by atoms with Gasteiger partial charge in [-0.3, -0.25) is 9.52 Å². The zero-order valence-electron chi connectivity index (χ0n) is 16.4. The molecule has 1 atom stereocenters. The summed E-state index contributed by atoms with van der Waals surface area (Å²) in [4.78, 5) is 12.8. The normalized spacial score (nSPS) is 12.1. The van der Waals surface area contributed by atoms with Crippen molar-refractivity contribution < 1.29 is 17.9 Å². The van der Waals surface area contributed by atoms with Crippen LogP contribution in [0.5, 0.6) is 5.75 Å². The molecule has 3 aromatic carbocycles. The van der Waals surface area contributed by atoms with E-state index in [9.17, 15) is 13.2 Å². The molecule has 0 aliphatic rings. The number of methoxy groups -OCH3 is 1. The number of carbonyl (C=O) groups excluding carboxylic acids is 1. The number of sulfonamides is 1. The summed E-state index contributed by atoms with van der Waals surface area (Å²) in [6, 6.07) is 19.6. The second kappa shape index (κ2) is 9.19. The van der Waals surface area contributed by atoms with Crippen LogP contribution < -0.4 is 14.8 Å². The van der Waals surface area contributed by atoms with E-state index in [-0.39, 0.29) is 27.2 Å². The van der Waals surface area contributed by atoms with E-state index in [1.807, 2.05) is 37.3 Å². The molecule has 0 unspecified atom stereocenters. The van der Waals surface area contributed by atoms with Crippen LogP contribution >= 0.6 is 11.6 Å². The first-order valence-electron chi connectivity index (χ1n) is 9.12. The molecule has 156 valence electrons. The first kappa shape index (κ1) is 21.7. The number of hydrogen-bond donors (Lipinski definition) is 2. The Kier molecular flexibility index (Phi) is 6.64. The highest BCUT2D eigenvalue weighted by molar-refractivity contribution is 7.92. The molecule has 0 aliphatic carbocycles. The van der Waals surface area contributed by atoms with Gasteiger partial charge >= 0.3 is 0 Å². The average Bonchev–Trinajstić information content (AvgIpc) is 2.75. The lowest BCUT2D eigenvalue weighted by molar-refractivity contribution is 0.0940. The molecular weight excluding hydrogens is 424 g/mol. The van der Waals surface area contributed by atoms with Crippen molar-refractivity contribution >= 4 is 33.2 Å². The molecule has 0 heterocycles. The quantitative estimate of drug-likeness (QED) is 0.556. The van der Waals surface area contributed by atoms with E-state index in [0.29, 0.717) is 5.75 Å². The van der Waals surface area contributed by atoms with Gasteiger partial charge < -0.3 is 10.1 Å². The lowest BCUT2D eigenvalue weighted by Gasteiger charge is -2.16. The number of halogens is 1. The molecular formula is C22H21ClN2O4S. The fourth-order valence-electron chi connectivity index (χ4n) is 2.83. The molecule has 6 nitrogen and oxygen atoms in total. The van der Waals surface area contributed by atoms with E-state index < -0.39 is 15.9 Å². The zero-order chi connectivity index (χ0) is 21.7.